The van der Waals surface area contributed by atoms with Gasteiger partial charge in [-0.3, -0.25) is 0 Å². The van der Waals surface area contributed by atoms with E-state index in [0.717, 1.165) is 67.4 Å². The molecule has 4 heteroatoms. The first kappa shape index (κ1) is 21.0. The Labute approximate surface area is 194 Å². The van der Waals surface area contributed by atoms with Gasteiger partial charge in [-0.25, -0.2) is 0 Å². The highest BCUT2D eigenvalue weighted by atomic mass is 16.5. The maximum Gasteiger partial charge on any atom is 0.151 e. The van der Waals surface area contributed by atoms with Gasteiger partial charge in [0.05, 0.1) is 11.4 Å². The van der Waals surface area contributed by atoms with Crippen LogP contribution in [0.5, 0.6) is 23.0 Å². The summed E-state index contributed by atoms with van der Waals surface area (Å²) in [5.74, 6) is 2.31. The highest BCUT2D eigenvalue weighted by Gasteiger charge is 2.23. The molecular formula is C29H27NO3. The van der Waals surface area contributed by atoms with Crippen LogP contribution in [-0.4, -0.2) is 17.3 Å². The van der Waals surface area contributed by atoms with Crippen molar-refractivity contribution in [1.29, 1.82) is 0 Å². The number of ether oxygens (including phenoxy) is 1. The van der Waals surface area contributed by atoms with Gasteiger partial charge in [-0.05, 0) is 121 Å². The fourth-order valence-electron chi connectivity index (χ4n) is 4.58. The summed E-state index contributed by atoms with van der Waals surface area (Å²) in [6.07, 6.45) is 0. The van der Waals surface area contributed by atoms with Gasteiger partial charge in [-0.1, -0.05) is 12.1 Å². The van der Waals surface area contributed by atoms with Gasteiger partial charge in [0, 0.05) is 7.05 Å². The largest absolute Gasteiger partial charge is 0.507 e. The van der Waals surface area contributed by atoms with Crippen molar-refractivity contribution in [3.63, 3.8) is 0 Å². The zero-order chi connectivity index (χ0) is 23.4. The van der Waals surface area contributed by atoms with Crippen LogP contribution in [0.1, 0.15) is 22.3 Å². The van der Waals surface area contributed by atoms with Gasteiger partial charge in [-0.15, -0.1) is 0 Å². The third kappa shape index (κ3) is 3.48. The Balaban J connectivity index is 1.56. The van der Waals surface area contributed by atoms with Crippen molar-refractivity contribution in [3.8, 4) is 45.3 Å². The van der Waals surface area contributed by atoms with E-state index in [1.165, 1.54) is 0 Å². The van der Waals surface area contributed by atoms with Gasteiger partial charge >= 0.3 is 0 Å². The van der Waals surface area contributed by atoms with E-state index in [-0.39, 0.29) is 0 Å². The molecule has 0 fully saturated rings. The Kier molecular flexibility index (Phi) is 4.82. The van der Waals surface area contributed by atoms with E-state index in [1.807, 2.05) is 71.1 Å². The zero-order valence-electron chi connectivity index (χ0n) is 19.5. The molecule has 0 atom stereocenters. The molecule has 2 N–H and O–H groups in total. The molecule has 5 rings (SSSR count). The van der Waals surface area contributed by atoms with Crippen LogP contribution in [-0.2, 0) is 0 Å². The zero-order valence-corrected chi connectivity index (χ0v) is 19.5. The average Bonchev–Trinajstić information content (AvgIpc) is 2.80. The molecule has 1 aliphatic heterocycles. The fourth-order valence-corrected chi connectivity index (χ4v) is 4.58. The monoisotopic (exact) mass is 437 g/mol. The van der Waals surface area contributed by atoms with Gasteiger partial charge in [0.2, 0.25) is 0 Å². The number of aromatic hydroxyl groups is 2. The molecule has 1 aliphatic rings. The number of hydrogen-bond donors (Lipinski definition) is 2. The molecule has 0 saturated heterocycles. The summed E-state index contributed by atoms with van der Waals surface area (Å²) in [5.41, 5.74) is 9.69. The van der Waals surface area contributed by atoms with Gasteiger partial charge in [0.25, 0.3) is 0 Å². The lowest BCUT2D eigenvalue weighted by atomic mass is 9.97. The standard InChI is InChI=1S/C29H27NO3/c1-16-10-22(11-17(2)28(16)31)20-6-8-26-24(14-20)30(5)25-15-21(7-9-27(25)33-26)23-12-18(3)29(32)19(4)13-23/h6-15,31-32H,1-5H3. The second-order valence-corrected chi connectivity index (χ2v) is 8.94. The Hall–Kier alpha value is -3.92. The second-order valence-electron chi connectivity index (χ2n) is 8.94. The van der Waals surface area contributed by atoms with Gasteiger partial charge in [0.15, 0.2) is 11.5 Å². The molecule has 33 heavy (non-hydrogen) atoms. The highest BCUT2D eigenvalue weighted by Crippen LogP contribution is 2.48. The maximum absolute atomic E-state index is 10.1. The van der Waals surface area contributed by atoms with Gasteiger partial charge in [0.1, 0.15) is 11.5 Å². The second kappa shape index (κ2) is 7.59. The molecule has 0 amide bonds. The quantitative estimate of drug-likeness (QED) is 0.340. The number of phenolic OH excluding ortho intramolecular Hbond substituents is 2. The summed E-state index contributed by atoms with van der Waals surface area (Å²) in [6, 6.07) is 20.4. The van der Waals surface area contributed by atoms with E-state index in [0.29, 0.717) is 11.5 Å². The normalized spacial score (nSPS) is 12.2. The Morgan fingerprint density at radius 1 is 0.545 bits per heavy atom. The van der Waals surface area contributed by atoms with Crippen molar-refractivity contribution in [2.75, 3.05) is 11.9 Å². The van der Waals surface area contributed by atoms with Gasteiger partial charge < -0.3 is 19.8 Å². The van der Waals surface area contributed by atoms with Crippen LogP contribution in [0.3, 0.4) is 0 Å². The van der Waals surface area contributed by atoms with Crippen LogP contribution in [0.25, 0.3) is 22.3 Å². The molecular weight excluding hydrogens is 410 g/mol. The summed E-state index contributed by atoms with van der Waals surface area (Å²) in [6.45, 7) is 7.68. The molecule has 0 saturated carbocycles. The minimum absolute atomic E-state index is 0.346. The number of hydrogen-bond acceptors (Lipinski definition) is 4. The van der Waals surface area contributed by atoms with Crippen LogP contribution < -0.4 is 9.64 Å². The molecule has 0 aromatic heterocycles. The molecule has 0 radical (unpaired) electrons. The third-order valence-corrected chi connectivity index (χ3v) is 6.51. The lowest BCUT2D eigenvalue weighted by Crippen LogP contribution is -2.15. The lowest BCUT2D eigenvalue weighted by molar-refractivity contribution is 0.466. The number of fused-ring (bicyclic) bond motifs is 2. The fraction of sp³-hybridized carbons (Fsp3) is 0.172. The van der Waals surface area contributed by atoms with Crippen LogP contribution in [0, 0.1) is 27.7 Å². The summed E-state index contributed by atoms with van der Waals surface area (Å²) in [4.78, 5) is 2.15. The van der Waals surface area contributed by atoms with Gasteiger partial charge in [-0.2, -0.15) is 0 Å². The molecule has 166 valence electrons. The Morgan fingerprint density at radius 3 is 1.27 bits per heavy atom. The first-order chi connectivity index (χ1) is 15.7. The van der Waals surface area contributed by atoms with E-state index in [4.69, 9.17) is 4.74 Å². The molecule has 0 unspecified atom stereocenters. The molecule has 0 spiro atoms. The topological polar surface area (TPSA) is 52.9 Å². The SMILES string of the molecule is Cc1cc(-c2ccc3c(c2)N(C)c2cc(-c4cc(C)c(O)c(C)c4)ccc2O3)cc(C)c1O. The number of phenols is 2. The first-order valence-corrected chi connectivity index (χ1v) is 11.0. The number of benzene rings is 4. The Morgan fingerprint density at radius 2 is 0.909 bits per heavy atom. The lowest BCUT2D eigenvalue weighted by Gasteiger charge is -2.30. The summed E-state index contributed by atoms with van der Waals surface area (Å²) >= 11 is 0. The molecule has 1 heterocycles. The van der Waals surface area contributed by atoms with Crippen LogP contribution in [0.2, 0.25) is 0 Å². The first-order valence-electron chi connectivity index (χ1n) is 11.0. The van der Waals surface area contributed by atoms with Crippen molar-refractivity contribution in [1.82, 2.24) is 0 Å². The number of anilines is 2. The van der Waals surface area contributed by atoms with Crippen molar-refractivity contribution < 1.29 is 14.9 Å². The molecule has 4 aromatic carbocycles. The predicted octanol–water partition coefficient (Wildman–Crippen LogP) is 7.54. The minimum atomic E-state index is 0.346. The summed E-state index contributed by atoms with van der Waals surface area (Å²) < 4.78 is 6.24. The van der Waals surface area contributed by atoms with Crippen molar-refractivity contribution in [2.24, 2.45) is 0 Å². The van der Waals surface area contributed by atoms with E-state index in [1.54, 1.807) is 0 Å². The summed E-state index contributed by atoms with van der Waals surface area (Å²) in [7, 11) is 2.05. The smallest absolute Gasteiger partial charge is 0.151 e. The third-order valence-electron chi connectivity index (χ3n) is 6.51. The van der Waals surface area contributed by atoms with Crippen molar-refractivity contribution >= 4 is 11.4 Å². The van der Waals surface area contributed by atoms with Crippen molar-refractivity contribution in [2.45, 2.75) is 27.7 Å². The van der Waals surface area contributed by atoms with E-state index in [9.17, 15) is 10.2 Å². The number of rotatable bonds is 2. The van der Waals surface area contributed by atoms with E-state index < -0.39 is 0 Å². The molecule has 4 nitrogen and oxygen atoms in total. The minimum Gasteiger partial charge on any atom is -0.507 e. The molecule has 4 aromatic rings. The van der Waals surface area contributed by atoms with Crippen LogP contribution >= 0.6 is 0 Å². The maximum atomic E-state index is 10.1. The molecule has 0 aliphatic carbocycles. The Bertz CT molecular complexity index is 1270. The predicted molar refractivity (Wildman–Crippen MR) is 134 cm³/mol. The van der Waals surface area contributed by atoms with Crippen LogP contribution in [0.15, 0.2) is 60.7 Å². The van der Waals surface area contributed by atoms with Crippen LogP contribution in [0.4, 0.5) is 11.4 Å². The van der Waals surface area contributed by atoms with E-state index in [2.05, 4.69) is 29.2 Å². The summed E-state index contributed by atoms with van der Waals surface area (Å²) in [5, 5.41) is 20.3. The van der Waals surface area contributed by atoms with Crippen molar-refractivity contribution in [3.05, 3.63) is 82.9 Å². The van der Waals surface area contributed by atoms with E-state index >= 15 is 0 Å². The number of aryl methyl sites for hydroxylation is 4. The number of nitrogens with zero attached hydrogens (tertiary/aromatic N) is 1. The highest BCUT2D eigenvalue weighted by molar-refractivity contribution is 5.84. The average molecular weight is 438 g/mol. The molecule has 0 bridgehead atoms.